The Bertz CT molecular complexity index is 1490. The van der Waals surface area contributed by atoms with Gasteiger partial charge in [0.05, 0.1) is 13.0 Å². The number of benzene rings is 3. The lowest BCUT2D eigenvalue weighted by molar-refractivity contribution is -0.144. The Morgan fingerprint density at radius 2 is 1.67 bits per heavy atom. The van der Waals surface area contributed by atoms with Crippen LogP contribution in [-0.2, 0) is 25.6 Å². The molecule has 1 aliphatic rings. The van der Waals surface area contributed by atoms with Gasteiger partial charge in [0.1, 0.15) is 23.0 Å². The Labute approximate surface area is 252 Å². The standard InChI is InChI=1S/C34H39N3O6/c1-5-41-32(39)15-14-31(38)36-23-25-7-9-26-8-6-24(20-27(26)21-25)22-35-28-10-12-29(13-11-28)42-30-16-18-37(19-17-30)33(40)43-34(2,3)4/h6-13,20-21,30H,5,14-19,23H2,1-4H3/p+1. The van der Waals surface area contributed by atoms with Crippen LogP contribution in [0.5, 0.6) is 5.75 Å². The maximum absolute atomic E-state index is 12.3. The summed E-state index contributed by atoms with van der Waals surface area (Å²) in [6.07, 6.45) is 1.44. The molecule has 226 valence electrons. The quantitative estimate of drug-likeness (QED) is 0.299. The lowest BCUT2D eigenvalue weighted by Gasteiger charge is -2.33. The molecule has 1 aliphatic heterocycles. The molecule has 9 nitrogen and oxygen atoms in total. The zero-order valence-electron chi connectivity index (χ0n) is 25.4. The SMILES string of the molecule is CCOC(=O)CCC(=O)NCc1ccc2ccc(C#[N+]c3ccc(OC4CCN(C(=O)OC(C)(C)C)CC4)cc3)cc2c1. The normalized spacial score (nSPS) is 13.5. The third-order valence-corrected chi connectivity index (χ3v) is 6.80. The van der Waals surface area contributed by atoms with Gasteiger partial charge in [0, 0.05) is 51.0 Å². The van der Waals surface area contributed by atoms with Gasteiger partial charge < -0.3 is 24.4 Å². The highest BCUT2D eigenvalue weighted by Crippen LogP contribution is 2.24. The molecule has 3 aromatic rings. The van der Waals surface area contributed by atoms with Crippen molar-refractivity contribution < 1.29 is 28.6 Å². The fourth-order valence-corrected chi connectivity index (χ4v) is 4.62. The largest absolute Gasteiger partial charge is 0.490 e. The van der Waals surface area contributed by atoms with Crippen molar-refractivity contribution in [3.8, 4) is 11.8 Å². The van der Waals surface area contributed by atoms with E-state index in [0.29, 0.717) is 26.2 Å². The van der Waals surface area contributed by atoms with Crippen molar-refractivity contribution in [2.45, 2.75) is 71.6 Å². The molecule has 0 radical (unpaired) electrons. The van der Waals surface area contributed by atoms with Gasteiger partial charge in [-0.3, -0.25) is 9.59 Å². The van der Waals surface area contributed by atoms with Crippen molar-refractivity contribution in [3.05, 3.63) is 76.6 Å². The first-order valence-corrected chi connectivity index (χ1v) is 14.7. The van der Waals surface area contributed by atoms with Gasteiger partial charge in [0.2, 0.25) is 5.91 Å². The lowest BCUT2D eigenvalue weighted by atomic mass is 10.0. The summed E-state index contributed by atoms with van der Waals surface area (Å²) in [4.78, 5) is 42.1. The van der Waals surface area contributed by atoms with Crippen LogP contribution in [0.1, 0.15) is 64.5 Å². The van der Waals surface area contributed by atoms with Crippen LogP contribution in [-0.4, -0.2) is 54.3 Å². The number of fused-ring (bicyclic) bond motifs is 1. The van der Waals surface area contributed by atoms with Crippen LogP contribution in [0.3, 0.4) is 0 Å². The summed E-state index contributed by atoms with van der Waals surface area (Å²) in [5.41, 5.74) is 2.04. The molecule has 0 saturated carbocycles. The predicted molar refractivity (Wildman–Crippen MR) is 166 cm³/mol. The molecule has 1 heterocycles. The number of rotatable bonds is 8. The van der Waals surface area contributed by atoms with Crippen LogP contribution >= 0.6 is 0 Å². The molecule has 1 N–H and O–H groups in total. The number of esters is 1. The Kier molecular flexibility index (Phi) is 10.6. The zero-order valence-corrected chi connectivity index (χ0v) is 25.4. The topological polar surface area (TPSA) is 98.5 Å². The van der Waals surface area contributed by atoms with E-state index in [4.69, 9.17) is 14.2 Å². The summed E-state index contributed by atoms with van der Waals surface area (Å²) in [6.45, 7) is 9.24. The number of likely N-dealkylation sites (tertiary alicyclic amines) is 1. The average Bonchev–Trinajstić information content (AvgIpc) is 2.98. The van der Waals surface area contributed by atoms with Crippen molar-refractivity contribution in [2.24, 2.45) is 0 Å². The number of carbonyl (C=O) groups excluding carboxylic acids is 3. The molecule has 0 spiro atoms. The third kappa shape index (κ3) is 10.0. The van der Waals surface area contributed by atoms with Gasteiger partial charge >= 0.3 is 23.8 Å². The maximum atomic E-state index is 12.3. The number of piperidine rings is 1. The van der Waals surface area contributed by atoms with Crippen molar-refractivity contribution in [3.63, 3.8) is 0 Å². The Morgan fingerprint density at radius 1 is 0.953 bits per heavy atom. The summed E-state index contributed by atoms with van der Waals surface area (Å²) < 4.78 is 16.5. The zero-order chi connectivity index (χ0) is 30.8. The second-order valence-electron chi connectivity index (χ2n) is 11.5. The monoisotopic (exact) mass is 586 g/mol. The first-order valence-electron chi connectivity index (χ1n) is 14.7. The van der Waals surface area contributed by atoms with Gasteiger partial charge in [0.25, 0.3) is 0 Å². The minimum atomic E-state index is -0.501. The lowest BCUT2D eigenvalue weighted by Crippen LogP contribution is -2.44. The minimum Gasteiger partial charge on any atom is -0.490 e. The number of hydrogen-bond acceptors (Lipinski definition) is 6. The highest BCUT2D eigenvalue weighted by atomic mass is 16.6. The first kappa shape index (κ1) is 31.4. The highest BCUT2D eigenvalue weighted by molar-refractivity contribution is 5.85. The van der Waals surface area contributed by atoms with E-state index in [2.05, 4.69) is 16.2 Å². The van der Waals surface area contributed by atoms with Crippen LogP contribution in [0.4, 0.5) is 10.5 Å². The van der Waals surface area contributed by atoms with Gasteiger partial charge in [-0.05, 0) is 79.2 Å². The van der Waals surface area contributed by atoms with E-state index in [-0.39, 0.29) is 36.9 Å². The number of hydrogen-bond donors (Lipinski definition) is 1. The Hall–Kier alpha value is -4.58. The van der Waals surface area contributed by atoms with E-state index in [1.165, 1.54) is 0 Å². The molecule has 4 rings (SSSR count). The molecule has 0 aliphatic carbocycles. The molecule has 0 bridgehead atoms. The Morgan fingerprint density at radius 3 is 2.37 bits per heavy atom. The van der Waals surface area contributed by atoms with Gasteiger partial charge in [-0.15, -0.1) is 0 Å². The summed E-state index contributed by atoms with van der Waals surface area (Å²) in [7, 11) is 0. The highest BCUT2D eigenvalue weighted by Gasteiger charge is 2.27. The van der Waals surface area contributed by atoms with Crippen LogP contribution in [0.25, 0.3) is 15.6 Å². The van der Waals surface area contributed by atoms with E-state index in [0.717, 1.165) is 46.2 Å². The van der Waals surface area contributed by atoms with E-state index >= 15 is 0 Å². The summed E-state index contributed by atoms with van der Waals surface area (Å²) in [5.74, 6) is 0.204. The number of carbonyl (C=O) groups is 3. The van der Waals surface area contributed by atoms with Gasteiger partial charge in [-0.1, -0.05) is 18.2 Å². The first-order chi connectivity index (χ1) is 20.6. The van der Waals surface area contributed by atoms with Crippen molar-refractivity contribution >= 4 is 34.4 Å². The third-order valence-electron chi connectivity index (χ3n) is 6.80. The van der Waals surface area contributed by atoms with E-state index in [9.17, 15) is 14.4 Å². The molecule has 2 amide bonds. The number of nitrogens with zero attached hydrogens (tertiary/aromatic N) is 2. The average molecular weight is 587 g/mol. The minimum absolute atomic E-state index is 0.0417. The fourth-order valence-electron chi connectivity index (χ4n) is 4.62. The van der Waals surface area contributed by atoms with Crippen LogP contribution in [0.2, 0.25) is 0 Å². The van der Waals surface area contributed by atoms with Gasteiger partial charge in [0.15, 0.2) is 0 Å². The molecule has 9 heteroatoms. The van der Waals surface area contributed by atoms with Gasteiger partial charge in [-0.25, -0.2) is 4.79 Å². The fraction of sp³-hybridized carbons (Fsp3) is 0.412. The van der Waals surface area contributed by atoms with Crippen LogP contribution in [0, 0.1) is 6.07 Å². The van der Waals surface area contributed by atoms with Crippen molar-refractivity contribution in [1.82, 2.24) is 10.2 Å². The van der Waals surface area contributed by atoms with Crippen LogP contribution < -0.4 is 10.1 Å². The van der Waals surface area contributed by atoms with E-state index < -0.39 is 5.60 Å². The van der Waals surface area contributed by atoms with E-state index in [1.807, 2.05) is 81.4 Å². The Balaban J connectivity index is 1.28. The van der Waals surface area contributed by atoms with E-state index in [1.54, 1.807) is 11.8 Å². The van der Waals surface area contributed by atoms with Gasteiger partial charge in [-0.2, -0.15) is 0 Å². The maximum Gasteiger partial charge on any atom is 0.410 e. The summed E-state index contributed by atoms with van der Waals surface area (Å²) in [5, 5.41) is 4.94. The molecule has 43 heavy (non-hydrogen) atoms. The molecule has 0 unspecified atom stereocenters. The van der Waals surface area contributed by atoms with Crippen LogP contribution in [0.15, 0.2) is 60.7 Å². The summed E-state index contributed by atoms with van der Waals surface area (Å²) >= 11 is 0. The number of ether oxygens (including phenoxy) is 3. The number of nitrogens with one attached hydrogen (secondary N) is 1. The smallest absolute Gasteiger partial charge is 0.410 e. The van der Waals surface area contributed by atoms with Crippen molar-refractivity contribution in [2.75, 3.05) is 19.7 Å². The molecule has 0 aromatic heterocycles. The number of amides is 2. The molecule has 1 saturated heterocycles. The molecule has 3 aromatic carbocycles. The van der Waals surface area contributed by atoms with Crippen molar-refractivity contribution in [1.29, 1.82) is 0 Å². The molecule has 0 atom stereocenters. The molecule has 1 fully saturated rings. The predicted octanol–water partition coefficient (Wildman–Crippen LogP) is 6.59. The second kappa shape index (κ2) is 14.5. The molecular weight excluding hydrogens is 546 g/mol. The summed E-state index contributed by atoms with van der Waals surface area (Å²) in [6, 6.07) is 22.7. The second-order valence-corrected chi connectivity index (χ2v) is 11.5. The molecular formula is C34H40N3O6+.